The third kappa shape index (κ3) is 1.32. The molecule has 1 N–H and O–H groups in total. The number of rotatable bonds is 1. The predicted molar refractivity (Wildman–Crippen MR) is 45.5 cm³/mol. The van der Waals surface area contributed by atoms with Gasteiger partial charge >= 0.3 is 0 Å². The second kappa shape index (κ2) is 3.06. The van der Waals surface area contributed by atoms with Crippen LogP contribution < -0.4 is 0 Å². The lowest BCUT2D eigenvalue weighted by molar-refractivity contribution is 0.470. The van der Waals surface area contributed by atoms with Crippen molar-refractivity contribution < 1.29 is 5.11 Å². The maximum atomic E-state index is 9.21. The van der Waals surface area contributed by atoms with Crippen LogP contribution in [-0.4, -0.2) is 5.11 Å². The van der Waals surface area contributed by atoms with Crippen molar-refractivity contribution >= 4 is 15.9 Å². The lowest BCUT2D eigenvalue weighted by Gasteiger charge is -2.02. The minimum Gasteiger partial charge on any atom is -0.508 e. The normalized spacial score (nSPS) is 9.80. The van der Waals surface area contributed by atoms with E-state index in [1.165, 1.54) is 0 Å². The Hall–Kier alpha value is -0.500. The van der Waals surface area contributed by atoms with E-state index in [9.17, 15) is 5.11 Å². The summed E-state index contributed by atoms with van der Waals surface area (Å²) >= 11 is 3.33. The number of phenolic OH excluding ortho intramolecular Hbond substituents is 1. The van der Waals surface area contributed by atoms with Crippen LogP contribution in [0.1, 0.15) is 11.1 Å². The van der Waals surface area contributed by atoms with E-state index in [1.54, 1.807) is 6.07 Å². The predicted octanol–water partition coefficient (Wildman–Crippen LogP) is 2.60. The maximum absolute atomic E-state index is 9.21. The Labute approximate surface area is 68.8 Å². The molecule has 1 nitrogen and oxygen atoms in total. The summed E-state index contributed by atoms with van der Waals surface area (Å²) in [7, 11) is 0. The first-order chi connectivity index (χ1) is 4.75. The fourth-order valence-electron chi connectivity index (χ4n) is 0.815. The summed E-state index contributed by atoms with van der Waals surface area (Å²) in [4.78, 5) is 0. The quantitative estimate of drug-likeness (QED) is 0.692. The minimum atomic E-state index is 0.372. The standard InChI is InChI=1S/C8H9BrO/c1-6-7(5-9)3-2-4-8(6)10/h2-4,10H,5H2,1H3. The summed E-state index contributed by atoms with van der Waals surface area (Å²) in [5, 5.41) is 10.0. The highest BCUT2D eigenvalue weighted by Gasteiger charge is 1.98. The number of alkyl halides is 1. The summed E-state index contributed by atoms with van der Waals surface area (Å²) in [5.74, 6) is 0.372. The monoisotopic (exact) mass is 200 g/mol. The Balaban J connectivity index is 3.14. The number of phenols is 1. The van der Waals surface area contributed by atoms with Crippen LogP contribution >= 0.6 is 15.9 Å². The van der Waals surface area contributed by atoms with Crippen molar-refractivity contribution in [3.8, 4) is 5.75 Å². The van der Waals surface area contributed by atoms with Gasteiger partial charge in [0, 0.05) is 5.33 Å². The summed E-state index contributed by atoms with van der Waals surface area (Å²) in [5.41, 5.74) is 2.10. The molecule has 0 unspecified atom stereocenters. The molecule has 0 saturated carbocycles. The zero-order valence-electron chi connectivity index (χ0n) is 5.76. The van der Waals surface area contributed by atoms with Gasteiger partial charge in [0.2, 0.25) is 0 Å². The van der Waals surface area contributed by atoms with Crippen molar-refractivity contribution in [2.24, 2.45) is 0 Å². The van der Waals surface area contributed by atoms with Crippen LogP contribution in [0.2, 0.25) is 0 Å². The van der Waals surface area contributed by atoms with Crippen LogP contribution in [0, 0.1) is 6.92 Å². The average molecular weight is 201 g/mol. The molecule has 0 radical (unpaired) electrons. The van der Waals surface area contributed by atoms with E-state index in [0.717, 1.165) is 16.5 Å². The van der Waals surface area contributed by atoms with Gasteiger partial charge in [0.15, 0.2) is 0 Å². The highest BCUT2D eigenvalue weighted by Crippen LogP contribution is 2.20. The molecule has 2 heteroatoms. The summed E-state index contributed by atoms with van der Waals surface area (Å²) in [6.45, 7) is 1.91. The van der Waals surface area contributed by atoms with Gasteiger partial charge in [-0.3, -0.25) is 0 Å². The van der Waals surface area contributed by atoms with E-state index in [1.807, 2.05) is 19.1 Å². The van der Waals surface area contributed by atoms with E-state index < -0.39 is 0 Å². The molecule has 54 valence electrons. The maximum Gasteiger partial charge on any atom is 0.118 e. The summed E-state index contributed by atoms with van der Waals surface area (Å²) < 4.78 is 0. The smallest absolute Gasteiger partial charge is 0.118 e. The second-order valence-electron chi connectivity index (χ2n) is 2.19. The Bertz CT molecular complexity index is 233. The molecule has 0 amide bonds. The SMILES string of the molecule is Cc1c(O)cccc1CBr. The van der Waals surface area contributed by atoms with E-state index in [0.29, 0.717) is 5.75 Å². The molecule has 1 aromatic rings. The van der Waals surface area contributed by atoms with Crippen molar-refractivity contribution in [2.75, 3.05) is 0 Å². The number of aromatic hydroxyl groups is 1. The molecule has 10 heavy (non-hydrogen) atoms. The third-order valence-electron chi connectivity index (χ3n) is 1.56. The third-order valence-corrected chi connectivity index (χ3v) is 2.17. The second-order valence-corrected chi connectivity index (χ2v) is 2.76. The minimum absolute atomic E-state index is 0.372. The van der Waals surface area contributed by atoms with Crippen molar-refractivity contribution in [1.29, 1.82) is 0 Å². The zero-order valence-corrected chi connectivity index (χ0v) is 7.35. The molecule has 0 saturated heterocycles. The van der Waals surface area contributed by atoms with Crippen LogP contribution in [0.4, 0.5) is 0 Å². The van der Waals surface area contributed by atoms with Crippen LogP contribution in [0.15, 0.2) is 18.2 Å². The molecular weight excluding hydrogens is 192 g/mol. The van der Waals surface area contributed by atoms with Gasteiger partial charge in [-0.25, -0.2) is 0 Å². The lowest BCUT2D eigenvalue weighted by atomic mass is 10.1. The Morgan fingerprint density at radius 3 is 2.70 bits per heavy atom. The highest BCUT2D eigenvalue weighted by atomic mass is 79.9. The topological polar surface area (TPSA) is 20.2 Å². The summed E-state index contributed by atoms with van der Waals surface area (Å²) in [6, 6.07) is 5.53. The molecule has 0 heterocycles. The average Bonchev–Trinajstić information content (AvgIpc) is 1.95. The van der Waals surface area contributed by atoms with Gasteiger partial charge in [-0.1, -0.05) is 28.1 Å². The molecule has 1 rings (SSSR count). The molecule has 0 fully saturated rings. The first-order valence-electron chi connectivity index (χ1n) is 3.09. The first kappa shape index (κ1) is 7.61. The van der Waals surface area contributed by atoms with Gasteiger partial charge in [0.25, 0.3) is 0 Å². The molecule has 0 aliphatic rings. The molecule has 0 aromatic heterocycles. The Morgan fingerprint density at radius 1 is 1.50 bits per heavy atom. The van der Waals surface area contributed by atoms with Gasteiger partial charge < -0.3 is 5.11 Å². The van der Waals surface area contributed by atoms with E-state index >= 15 is 0 Å². The van der Waals surface area contributed by atoms with Gasteiger partial charge in [0.05, 0.1) is 0 Å². The van der Waals surface area contributed by atoms with Crippen LogP contribution in [0.5, 0.6) is 5.75 Å². The van der Waals surface area contributed by atoms with Crippen molar-refractivity contribution in [1.82, 2.24) is 0 Å². The van der Waals surface area contributed by atoms with Crippen LogP contribution in [0.3, 0.4) is 0 Å². The largest absolute Gasteiger partial charge is 0.508 e. The number of hydrogen-bond acceptors (Lipinski definition) is 1. The van der Waals surface area contributed by atoms with Crippen LogP contribution in [-0.2, 0) is 5.33 Å². The van der Waals surface area contributed by atoms with Gasteiger partial charge in [-0.15, -0.1) is 0 Å². The first-order valence-corrected chi connectivity index (χ1v) is 4.21. The number of halogens is 1. The van der Waals surface area contributed by atoms with Crippen molar-refractivity contribution in [3.63, 3.8) is 0 Å². The molecule has 1 aromatic carbocycles. The lowest BCUT2D eigenvalue weighted by Crippen LogP contribution is -1.82. The summed E-state index contributed by atoms with van der Waals surface area (Å²) in [6.07, 6.45) is 0. The zero-order chi connectivity index (χ0) is 7.56. The molecule has 0 aliphatic heterocycles. The Morgan fingerprint density at radius 2 is 2.20 bits per heavy atom. The molecule has 0 bridgehead atoms. The molecular formula is C8H9BrO. The van der Waals surface area contributed by atoms with Gasteiger partial charge in [-0.05, 0) is 24.1 Å². The van der Waals surface area contributed by atoms with Crippen molar-refractivity contribution in [3.05, 3.63) is 29.3 Å². The molecule has 0 aliphatic carbocycles. The van der Waals surface area contributed by atoms with Gasteiger partial charge in [-0.2, -0.15) is 0 Å². The fourth-order valence-corrected chi connectivity index (χ4v) is 1.42. The number of benzene rings is 1. The number of hydrogen-bond donors (Lipinski definition) is 1. The van der Waals surface area contributed by atoms with E-state index in [-0.39, 0.29) is 0 Å². The fraction of sp³-hybridized carbons (Fsp3) is 0.250. The van der Waals surface area contributed by atoms with Gasteiger partial charge in [0.1, 0.15) is 5.75 Å². The molecule has 0 atom stereocenters. The van der Waals surface area contributed by atoms with E-state index in [2.05, 4.69) is 15.9 Å². The highest BCUT2D eigenvalue weighted by molar-refractivity contribution is 9.08. The molecule has 0 spiro atoms. The van der Waals surface area contributed by atoms with E-state index in [4.69, 9.17) is 0 Å². The van der Waals surface area contributed by atoms with Crippen molar-refractivity contribution in [2.45, 2.75) is 12.3 Å². The Kier molecular flexibility index (Phi) is 2.33. The van der Waals surface area contributed by atoms with Crippen LogP contribution in [0.25, 0.3) is 0 Å².